The van der Waals surface area contributed by atoms with E-state index in [-0.39, 0.29) is 25.0 Å². The highest BCUT2D eigenvalue weighted by molar-refractivity contribution is 6.30. The minimum absolute atomic E-state index is 0.0187. The number of halogens is 1. The SMILES string of the molecule is NC(=O)[C@H]1N(CCNCCO)C(=O)C2(CCN(C(=O)CCc3ccc(Cl)cc3)CC2)N1c1ccccc1. The monoisotopic (exact) mass is 527 g/mol. The van der Waals surface area contributed by atoms with Crippen LogP contribution < -0.4 is 16.0 Å². The first kappa shape index (κ1) is 26.9. The quantitative estimate of drug-likeness (QED) is 0.402. The first-order valence-corrected chi connectivity index (χ1v) is 13.0. The molecule has 0 saturated carbocycles. The number of aliphatic hydroxyl groups is 1. The zero-order chi connectivity index (χ0) is 26.4. The maximum Gasteiger partial charge on any atom is 0.261 e. The number of piperidine rings is 1. The third-order valence-electron chi connectivity index (χ3n) is 7.25. The van der Waals surface area contributed by atoms with Gasteiger partial charge in [0, 0.05) is 49.9 Å². The van der Waals surface area contributed by atoms with Gasteiger partial charge in [-0.1, -0.05) is 41.9 Å². The smallest absolute Gasteiger partial charge is 0.261 e. The molecule has 1 atom stereocenters. The number of nitrogens with one attached hydrogen (secondary N) is 1. The molecule has 0 bridgehead atoms. The lowest BCUT2D eigenvalue weighted by Gasteiger charge is -2.44. The summed E-state index contributed by atoms with van der Waals surface area (Å²) in [6, 6.07) is 16.8. The van der Waals surface area contributed by atoms with E-state index >= 15 is 0 Å². The van der Waals surface area contributed by atoms with E-state index < -0.39 is 17.6 Å². The molecule has 4 N–H and O–H groups in total. The van der Waals surface area contributed by atoms with E-state index in [1.807, 2.05) is 64.4 Å². The number of nitrogens with two attached hydrogens (primary N) is 1. The molecule has 1 spiro atoms. The van der Waals surface area contributed by atoms with Gasteiger partial charge in [-0.25, -0.2) is 0 Å². The highest BCUT2D eigenvalue weighted by Crippen LogP contribution is 2.42. The van der Waals surface area contributed by atoms with Crippen molar-refractivity contribution in [3.8, 4) is 0 Å². The van der Waals surface area contributed by atoms with Crippen molar-refractivity contribution in [3.63, 3.8) is 0 Å². The van der Waals surface area contributed by atoms with Gasteiger partial charge in [0.15, 0.2) is 6.17 Å². The fourth-order valence-corrected chi connectivity index (χ4v) is 5.51. The van der Waals surface area contributed by atoms with Crippen LogP contribution in [0.15, 0.2) is 54.6 Å². The summed E-state index contributed by atoms with van der Waals surface area (Å²) >= 11 is 5.95. The molecule has 9 nitrogen and oxygen atoms in total. The Morgan fingerprint density at radius 2 is 1.73 bits per heavy atom. The Labute approximate surface area is 222 Å². The molecule has 2 aromatic rings. The number of carbonyl (C=O) groups is 3. The lowest BCUT2D eigenvalue weighted by Crippen LogP contribution is -2.59. The molecule has 37 heavy (non-hydrogen) atoms. The molecule has 2 heterocycles. The van der Waals surface area contributed by atoms with E-state index in [9.17, 15) is 14.4 Å². The number of primary amides is 1. The average Bonchev–Trinajstić information content (AvgIpc) is 3.14. The Bertz CT molecular complexity index is 1090. The number of hydrogen-bond acceptors (Lipinski definition) is 6. The van der Waals surface area contributed by atoms with Crippen LogP contribution in [-0.2, 0) is 20.8 Å². The third-order valence-corrected chi connectivity index (χ3v) is 7.50. The predicted octanol–water partition coefficient (Wildman–Crippen LogP) is 1.38. The van der Waals surface area contributed by atoms with Crippen LogP contribution in [0.1, 0.15) is 24.8 Å². The van der Waals surface area contributed by atoms with Gasteiger partial charge >= 0.3 is 0 Å². The molecule has 2 saturated heterocycles. The molecule has 198 valence electrons. The highest BCUT2D eigenvalue weighted by atomic mass is 35.5. The number of amides is 3. The van der Waals surface area contributed by atoms with Crippen LogP contribution in [-0.4, -0.2) is 83.7 Å². The molecule has 2 aliphatic rings. The number of rotatable bonds is 10. The molecule has 0 aromatic heterocycles. The van der Waals surface area contributed by atoms with Crippen molar-refractivity contribution in [2.75, 3.05) is 44.2 Å². The summed E-state index contributed by atoms with van der Waals surface area (Å²) in [5, 5.41) is 12.8. The number of hydrogen-bond donors (Lipinski definition) is 3. The van der Waals surface area contributed by atoms with E-state index in [0.717, 1.165) is 11.3 Å². The summed E-state index contributed by atoms with van der Waals surface area (Å²) in [7, 11) is 0. The summed E-state index contributed by atoms with van der Waals surface area (Å²) < 4.78 is 0. The number of benzene rings is 2. The fourth-order valence-electron chi connectivity index (χ4n) is 5.38. The Kier molecular flexibility index (Phi) is 8.68. The second-order valence-electron chi connectivity index (χ2n) is 9.49. The van der Waals surface area contributed by atoms with Crippen LogP contribution >= 0.6 is 11.6 Å². The van der Waals surface area contributed by atoms with Crippen LogP contribution in [0.5, 0.6) is 0 Å². The van der Waals surface area contributed by atoms with Crippen LogP contribution in [0.25, 0.3) is 0 Å². The second kappa shape index (κ2) is 11.9. The molecule has 4 rings (SSSR count). The Hall–Kier alpha value is -3.14. The van der Waals surface area contributed by atoms with Gasteiger partial charge < -0.3 is 30.9 Å². The van der Waals surface area contributed by atoms with Crippen molar-refractivity contribution in [1.82, 2.24) is 15.1 Å². The number of likely N-dealkylation sites (tertiary alicyclic amines) is 1. The van der Waals surface area contributed by atoms with E-state index in [4.69, 9.17) is 22.4 Å². The van der Waals surface area contributed by atoms with Crippen LogP contribution in [0, 0.1) is 0 Å². The van der Waals surface area contributed by atoms with Crippen molar-refractivity contribution in [3.05, 3.63) is 65.2 Å². The van der Waals surface area contributed by atoms with Gasteiger partial charge in [0.2, 0.25) is 5.91 Å². The van der Waals surface area contributed by atoms with Crippen molar-refractivity contribution in [2.45, 2.75) is 37.4 Å². The number of para-hydroxylation sites is 1. The fraction of sp³-hybridized carbons (Fsp3) is 0.444. The van der Waals surface area contributed by atoms with Crippen LogP contribution in [0.3, 0.4) is 0 Å². The molecular formula is C27H34ClN5O4. The largest absolute Gasteiger partial charge is 0.395 e. The lowest BCUT2D eigenvalue weighted by atomic mass is 9.85. The van der Waals surface area contributed by atoms with Gasteiger partial charge in [-0.3, -0.25) is 14.4 Å². The first-order valence-electron chi connectivity index (χ1n) is 12.7. The standard InChI is InChI=1S/C27H34ClN5O4/c28-21-9-6-20(7-10-21)8-11-23(35)31-16-12-27(13-17-31)26(37)32(18-14-30-15-19-34)25(24(29)36)33(27)22-4-2-1-3-5-22/h1-7,9-10,25,30,34H,8,11-19H2,(H2,29,36)/t25-/m0/s1. The molecule has 2 fully saturated rings. The predicted molar refractivity (Wildman–Crippen MR) is 142 cm³/mol. The van der Waals surface area contributed by atoms with Crippen molar-refractivity contribution < 1.29 is 19.5 Å². The maximum atomic E-state index is 13.9. The van der Waals surface area contributed by atoms with Crippen LogP contribution in [0.2, 0.25) is 5.02 Å². The van der Waals surface area contributed by atoms with Gasteiger partial charge in [-0.2, -0.15) is 0 Å². The normalized spacial score (nSPS) is 19.0. The minimum atomic E-state index is -0.967. The Morgan fingerprint density at radius 3 is 2.35 bits per heavy atom. The second-order valence-corrected chi connectivity index (χ2v) is 9.93. The third kappa shape index (κ3) is 5.74. The van der Waals surface area contributed by atoms with Gasteiger partial charge in [-0.05, 0) is 49.1 Å². The lowest BCUT2D eigenvalue weighted by molar-refractivity contribution is -0.139. The number of aliphatic hydroxyl groups excluding tert-OH is 1. The summed E-state index contributed by atoms with van der Waals surface area (Å²) in [5.41, 5.74) is 6.69. The zero-order valence-corrected chi connectivity index (χ0v) is 21.6. The summed E-state index contributed by atoms with van der Waals surface area (Å²) in [6.07, 6.45) is 0.857. The van der Waals surface area contributed by atoms with Gasteiger partial charge in [0.1, 0.15) is 5.54 Å². The summed E-state index contributed by atoms with van der Waals surface area (Å²) in [4.78, 5) is 44.9. The van der Waals surface area contributed by atoms with Crippen molar-refractivity contribution in [1.29, 1.82) is 0 Å². The molecular weight excluding hydrogens is 494 g/mol. The number of carbonyl (C=O) groups excluding carboxylic acids is 3. The Morgan fingerprint density at radius 1 is 1.05 bits per heavy atom. The Balaban J connectivity index is 1.51. The number of anilines is 1. The number of nitrogens with zero attached hydrogens (tertiary/aromatic N) is 3. The minimum Gasteiger partial charge on any atom is -0.395 e. The number of aryl methyl sites for hydroxylation is 1. The average molecular weight is 528 g/mol. The van der Waals surface area contributed by atoms with E-state index in [0.29, 0.717) is 56.9 Å². The van der Waals surface area contributed by atoms with Crippen molar-refractivity contribution in [2.24, 2.45) is 5.73 Å². The van der Waals surface area contributed by atoms with Gasteiger partial charge in [0.25, 0.3) is 11.8 Å². The molecule has 3 amide bonds. The van der Waals surface area contributed by atoms with E-state index in [2.05, 4.69) is 5.32 Å². The topological polar surface area (TPSA) is 119 Å². The van der Waals surface area contributed by atoms with Gasteiger partial charge in [-0.15, -0.1) is 0 Å². The highest BCUT2D eigenvalue weighted by Gasteiger charge is 2.59. The molecule has 2 aliphatic heterocycles. The van der Waals surface area contributed by atoms with E-state index in [1.165, 1.54) is 4.90 Å². The zero-order valence-electron chi connectivity index (χ0n) is 20.8. The summed E-state index contributed by atoms with van der Waals surface area (Å²) in [6.45, 7) is 1.90. The molecule has 2 aromatic carbocycles. The van der Waals surface area contributed by atoms with Gasteiger partial charge in [0.05, 0.1) is 6.61 Å². The molecule has 0 unspecified atom stereocenters. The van der Waals surface area contributed by atoms with Crippen LogP contribution in [0.4, 0.5) is 5.69 Å². The van der Waals surface area contributed by atoms with Crippen molar-refractivity contribution >= 4 is 35.0 Å². The maximum absolute atomic E-state index is 13.9. The summed E-state index contributed by atoms with van der Waals surface area (Å²) in [5.74, 6) is -0.713. The molecule has 0 aliphatic carbocycles. The molecule has 10 heteroatoms. The molecule has 0 radical (unpaired) electrons. The van der Waals surface area contributed by atoms with E-state index in [1.54, 1.807) is 0 Å². The first-order chi connectivity index (χ1) is 17.9.